The Morgan fingerprint density at radius 3 is 2.42 bits per heavy atom. The maximum absolute atomic E-state index is 13.1. The van der Waals surface area contributed by atoms with Gasteiger partial charge in [-0.2, -0.15) is 0 Å². The Hall–Kier alpha value is -3.19. The van der Waals surface area contributed by atoms with Gasteiger partial charge in [-0.1, -0.05) is 38.1 Å². The summed E-state index contributed by atoms with van der Waals surface area (Å²) in [5, 5.41) is 2.87. The molecule has 7 heteroatoms. The van der Waals surface area contributed by atoms with Crippen LogP contribution in [0.3, 0.4) is 0 Å². The molecule has 0 unspecified atom stereocenters. The molecule has 2 aromatic carbocycles. The summed E-state index contributed by atoms with van der Waals surface area (Å²) in [5.74, 6) is 0.0248. The van der Waals surface area contributed by atoms with Crippen LogP contribution in [0.4, 0.5) is 11.4 Å². The molecule has 0 aliphatic carbocycles. The molecule has 0 bridgehead atoms. The van der Waals surface area contributed by atoms with Crippen molar-refractivity contribution in [2.24, 2.45) is 11.8 Å². The standard InChI is InChI=1S/C26H32N4O3/c1-19(2)17-28-11-13-29(14-12-28)26(33)21-16-24(31)30(18-21)23-10-6-7-20(15-23)25(32)27-22-8-4-3-5-9-22/h3-10,15,19,21H,11-14,16-18H2,1-2H3,(H,27,32)/t21-/m1/s1. The summed E-state index contributed by atoms with van der Waals surface area (Å²) in [4.78, 5) is 44.5. The summed E-state index contributed by atoms with van der Waals surface area (Å²) in [6.45, 7) is 9.00. The normalized spacial score (nSPS) is 19.2. The zero-order valence-corrected chi connectivity index (χ0v) is 19.4. The highest BCUT2D eigenvalue weighted by molar-refractivity contribution is 6.06. The number of hydrogen-bond donors (Lipinski definition) is 1. The number of anilines is 2. The van der Waals surface area contributed by atoms with Crippen molar-refractivity contribution < 1.29 is 14.4 Å². The lowest BCUT2D eigenvalue weighted by atomic mass is 10.1. The van der Waals surface area contributed by atoms with Crippen molar-refractivity contribution in [3.63, 3.8) is 0 Å². The second-order valence-electron chi connectivity index (χ2n) is 9.30. The molecule has 0 aromatic heterocycles. The average molecular weight is 449 g/mol. The number of carbonyl (C=O) groups is 3. The van der Waals surface area contributed by atoms with Crippen molar-refractivity contribution in [1.29, 1.82) is 0 Å². The first-order valence-electron chi connectivity index (χ1n) is 11.7. The number of amides is 3. The van der Waals surface area contributed by atoms with E-state index in [0.717, 1.165) is 19.6 Å². The predicted octanol–water partition coefficient (Wildman–Crippen LogP) is 3.09. The molecule has 4 rings (SSSR count). The summed E-state index contributed by atoms with van der Waals surface area (Å²) in [7, 11) is 0. The maximum atomic E-state index is 13.1. The van der Waals surface area contributed by atoms with Crippen LogP contribution in [0.2, 0.25) is 0 Å². The van der Waals surface area contributed by atoms with Crippen LogP contribution in [-0.2, 0) is 9.59 Å². The van der Waals surface area contributed by atoms with Crippen LogP contribution in [0.1, 0.15) is 30.6 Å². The summed E-state index contributed by atoms with van der Waals surface area (Å²) >= 11 is 0. The van der Waals surface area contributed by atoms with Gasteiger partial charge in [-0.15, -0.1) is 0 Å². The minimum absolute atomic E-state index is 0.0630. The molecule has 2 aliphatic heterocycles. The quantitative estimate of drug-likeness (QED) is 0.737. The predicted molar refractivity (Wildman–Crippen MR) is 129 cm³/mol. The smallest absolute Gasteiger partial charge is 0.255 e. The van der Waals surface area contributed by atoms with Crippen molar-refractivity contribution in [1.82, 2.24) is 9.80 Å². The lowest BCUT2D eigenvalue weighted by Crippen LogP contribution is -2.51. The van der Waals surface area contributed by atoms with Crippen LogP contribution in [-0.4, -0.2) is 66.8 Å². The summed E-state index contributed by atoms with van der Waals surface area (Å²) in [6.07, 6.45) is 0.214. The van der Waals surface area contributed by atoms with Crippen LogP contribution in [0.5, 0.6) is 0 Å². The van der Waals surface area contributed by atoms with Crippen LogP contribution in [0.25, 0.3) is 0 Å². The average Bonchev–Trinajstić information content (AvgIpc) is 3.21. The third-order valence-corrected chi connectivity index (χ3v) is 6.23. The van der Waals surface area contributed by atoms with Crippen molar-refractivity contribution in [2.75, 3.05) is 49.5 Å². The van der Waals surface area contributed by atoms with E-state index in [1.807, 2.05) is 41.3 Å². The third-order valence-electron chi connectivity index (χ3n) is 6.23. The van der Waals surface area contributed by atoms with Gasteiger partial charge in [0, 0.05) is 62.6 Å². The lowest BCUT2D eigenvalue weighted by Gasteiger charge is -2.36. The molecular formula is C26H32N4O3. The minimum Gasteiger partial charge on any atom is -0.340 e. The molecule has 2 fully saturated rings. The summed E-state index contributed by atoms with van der Waals surface area (Å²) < 4.78 is 0. The SMILES string of the molecule is CC(C)CN1CCN(C(=O)[C@@H]2CC(=O)N(c3cccc(C(=O)Nc4ccccc4)c3)C2)CC1. The van der Waals surface area contributed by atoms with Crippen LogP contribution in [0.15, 0.2) is 54.6 Å². The van der Waals surface area contributed by atoms with E-state index >= 15 is 0 Å². The number of hydrogen-bond acceptors (Lipinski definition) is 4. The fourth-order valence-corrected chi connectivity index (χ4v) is 4.59. The lowest BCUT2D eigenvalue weighted by molar-refractivity contribution is -0.137. The van der Waals surface area contributed by atoms with Crippen LogP contribution < -0.4 is 10.2 Å². The van der Waals surface area contributed by atoms with Crippen LogP contribution in [0, 0.1) is 11.8 Å². The second-order valence-corrected chi connectivity index (χ2v) is 9.30. The van der Waals surface area contributed by atoms with Gasteiger partial charge < -0.3 is 15.1 Å². The molecule has 3 amide bonds. The Morgan fingerprint density at radius 1 is 1.00 bits per heavy atom. The Morgan fingerprint density at radius 2 is 1.73 bits per heavy atom. The number of nitrogens with zero attached hydrogens (tertiary/aromatic N) is 3. The molecule has 2 aliphatic rings. The van der Waals surface area contributed by atoms with Crippen LogP contribution >= 0.6 is 0 Å². The molecule has 174 valence electrons. The minimum atomic E-state index is -0.337. The topological polar surface area (TPSA) is 73.0 Å². The molecule has 1 atom stereocenters. The fraction of sp³-hybridized carbons (Fsp3) is 0.423. The molecule has 2 aromatic rings. The third kappa shape index (κ3) is 5.60. The van der Waals surface area contributed by atoms with E-state index in [1.54, 1.807) is 23.1 Å². The molecule has 0 saturated carbocycles. The molecule has 2 heterocycles. The van der Waals surface area contributed by atoms with Gasteiger partial charge >= 0.3 is 0 Å². The Labute approximate surface area is 195 Å². The van der Waals surface area contributed by atoms with Gasteiger partial charge in [-0.25, -0.2) is 0 Å². The number of rotatable bonds is 6. The first kappa shape index (κ1) is 23.0. The molecule has 7 nitrogen and oxygen atoms in total. The molecule has 0 radical (unpaired) electrons. The first-order chi connectivity index (χ1) is 15.9. The number of nitrogens with one attached hydrogen (secondary N) is 1. The largest absolute Gasteiger partial charge is 0.340 e. The highest BCUT2D eigenvalue weighted by atomic mass is 16.2. The summed E-state index contributed by atoms with van der Waals surface area (Å²) in [5.41, 5.74) is 1.84. The van der Waals surface area contributed by atoms with E-state index < -0.39 is 0 Å². The van der Waals surface area contributed by atoms with E-state index in [0.29, 0.717) is 42.5 Å². The molecule has 1 N–H and O–H groups in total. The first-order valence-corrected chi connectivity index (χ1v) is 11.7. The van der Waals surface area contributed by atoms with Gasteiger partial charge in [0.05, 0.1) is 5.92 Å². The van der Waals surface area contributed by atoms with Gasteiger partial charge in [0.15, 0.2) is 0 Å². The monoisotopic (exact) mass is 448 g/mol. The van der Waals surface area contributed by atoms with E-state index in [-0.39, 0.29) is 30.1 Å². The van der Waals surface area contributed by atoms with E-state index in [9.17, 15) is 14.4 Å². The second kappa shape index (κ2) is 10.2. The van der Waals surface area contributed by atoms with Crippen molar-refractivity contribution in [3.8, 4) is 0 Å². The van der Waals surface area contributed by atoms with Gasteiger partial charge in [-0.05, 0) is 36.2 Å². The number of benzene rings is 2. The van der Waals surface area contributed by atoms with Gasteiger partial charge in [0.1, 0.15) is 0 Å². The molecule has 0 spiro atoms. The van der Waals surface area contributed by atoms with Gasteiger partial charge in [0.2, 0.25) is 11.8 Å². The van der Waals surface area contributed by atoms with E-state index in [4.69, 9.17) is 0 Å². The number of carbonyl (C=O) groups excluding carboxylic acids is 3. The van der Waals surface area contributed by atoms with Crippen molar-refractivity contribution >= 4 is 29.1 Å². The number of piperazine rings is 1. The Kier molecular flexibility index (Phi) is 7.08. The maximum Gasteiger partial charge on any atom is 0.255 e. The zero-order chi connectivity index (χ0) is 23.4. The van der Waals surface area contributed by atoms with Crippen molar-refractivity contribution in [3.05, 3.63) is 60.2 Å². The zero-order valence-electron chi connectivity index (χ0n) is 19.4. The Bertz CT molecular complexity index is 1000. The molecule has 2 saturated heterocycles. The highest BCUT2D eigenvalue weighted by Gasteiger charge is 2.38. The van der Waals surface area contributed by atoms with Crippen molar-refractivity contribution in [2.45, 2.75) is 20.3 Å². The van der Waals surface area contributed by atoms with Gasteiger partial charge in [-0.3, -0.25) is 19.3 Å². The Balaban J connectivity index is 1.38. The number of para-hydroxylation sites is 1. The summed E-state index contributed by atoms with van der Waals surface area (Å²) in [6, 6.07) is 16.3. The fourth-order valence-electron chi connectivity index (χ4n) is 4.59. The highest BCUT2D eigenvalue weighted by Crippen LogP contribution is 2.27. The molecular weight excluding hydrogens is 416 g/mol. The van der Waals surface area contributed by atoms with E-state index in [1.165, 1.54) is 0 Å². The molecule has 33 heavy (non-hydrogen) atoms. The van der Waals surface area contributed by atoms with Gasteiger partial charge in [0.25, 0.3) is 5.91 Å². The van der Waals surface area contributed by atoms with E-state index in [2.05, 4.69) is 24.1 Å².